The Morgan fingerprint density at radius 2 is 1.86 bits per heavy atom. The predicted octanol–water partition coefficient (Wildman–Crippen LogP) is 2.98. The van der Waals surface area contributed by atoms with E-state index in [1.54, 1.807) is 19.1 Å². The number of benzene rings is 1. The van der Waals surface area contributed by atoms with Crippen molar-refractivity contribution in [2.24, 2.45) is 5.73 Å². The maximum atomic E-state index is 12.1. The van der Waals surface area contributed by atoms with E-state index in [1.165, 1.54) is 12.1 Å². The first-order valence-electron chi connectivity index (χ1n) is 3.80. The van der Waals surface area contributed by atoms with Crippen molar-refractivity contribution in [1.29, 1.82) is 0 Å². The zero-order valence-electron chi connectivity index (χ0n) is 7.51. The summed E-state index contributed by atoms with van der Waals surface area (Å²) in [6.45, 7) is 1.73. The summed E-state index contributed by atoms with van der Waals surface area (Å²) in [4.78, 5) is 0. The summed E-state index contributed by atoms with van der Waals surface area (Å²) in [6.07, 6.45) is -4.37. The SMILES string of the molecule is Cc1cccc([C@@H](N)C(F)(F)F)c1.Cl. The van der Waals surface area contributed by atoms with Gasteiger partial charge in [-0.1, -0.05) is 29.8 Å². The summed E-state index contributed by atoms with van der Waals surface area (Å²) < 4.78 is 36.4. The standard InChI is InChI=1S/C9H10F3N.ClH/c1-6-3-2-4-7(5-6)8(13)9(10,11)12;/h2-5,8H,13H2,1H3;1H/t8-;/m1./s1. The van der Waals surface area contributed by atoms with Gasteiger partial charge in [-0.15, -0.1) is 12.4 Å². The van der Waals surface area contributed by atoms with Crippen LogP contribution in [-0.4, -0.2) is 6.18 Å². The first kappa shape index (κ1) is 13.3. The van der Waals surface area contributed by atoms with E-state index in [2.05, 4.69) is 0 Å². The molecule has 14 heavy (non-hydrogen) atoms. The molecule has 0 radical (unpaired) electrons. The first-order chi connectivity index (χ1) is 5.91. The number of alkyl halides is 3. The zero-order valence-corrected chi connectivity index (χ0v) is 8.32. The molecule has 1 atom stereocenters. The third-order valence-corrected chi connectivity index (χ3v) is 1.75. The Labute approximate surface area is 86.5 Å². The van der Waals surface area contributed by atoms with Gasteiger partial charge in [-0.2, -0.15) is 13.2 Å². The Kier molecular flexibility index (Phi) is 4.42. The molecule has 2 N–H and O–H groups in total. The van der Waals surface area contributed by atoms with E-state index in [9.17, 15) is 13.2 Å². The van der Waals surface area contributed by atoms with Crippen molar-refractivity contribution < 1.29 is 13.2 Å². The van der Waals surface area contributed by atoms with Gasteiger partial charge in [0.2, 0.25) is 0 Å². The average Bonchev–Trinajstić information content (AvgIpc) is 2.01. The fourth-order valence-corrected chi connectivity index (χ4v) is 1.05. The van der Waals surface area contributed by atoms with Gasteiger partial charge in [0, 0.05) is 0 Å². The molecule has 0 bridgehead atoms. The van der Waals surface area contributed by atoms with E-state index in [-0.39, 0.29) is 18.0 Å². The molecule has 0 saturated carbocycles. The minimum absolute atomic E-state index is 0. The van der Waals surface area contributed by atoms with Crippen LogP contribution in [0.3, 0.4) is 0 Å². The average molecular weight is 226 g/mol. The van der Waals surface area contributed by atoms with Crippen LogP contribution in [0.5, 0.6) is 0 Å². The quantitative estimate of drug-likeness (QED) is 0.781. The van der Waals surface area contributed by atoms with E-state index < -0.39 is 12.2 Å². The molecule has 0 aliphatic carbocycles. The van der Waals surface area contributed by atoms with Crippen LogP contribution in [0.4, 0.5) is 13.2 Å². The largest absolute Gasteiger partial charge is 0.407 e. The van der Waals surface area contributed by atoms with Crippen LogP contribution >= 0.6 is 12.4 Å². The van der Waals surface area contributed by atoms with Crippen molar-refractivity contribution in [3.05, 3.63) is 35.4 Å². The summed E-state index contributed by atoms with van der Waals surface area (Å²) in [7, 11) is 0. The molecule has 0 amide bonds. The van der Waals surface area contributed by atoms with Crippen molar-refractivity contribution >= 4 is 12.4 Å². The smallest absolute Gasteiger partial charge is 0.316 e. The van der Waals surface area contributed by atoms with E-state index in [4.69, 9.17) is 5.73 Å². The molecule has 1 aromatic carbocycles. The molecule has 1 rings (SSSR count). The van der Waals surface area contributed by atoms with Crippen LogP contribution in [0.2, 0.25) is 0 Å². The minimum Gasteiger partial charge on any atom is -0.316 e. The van der Waals surface area contributed by atoms with Crippen molar-refractivity contribution in [1.82, 2.24) is 0 Å². The lowest BCUT2D eigenvalue weighted by molar-refractivity contribution is -0.149. The summed E-state index contributed by atoms with van der Waals surface area (Å²) in [5, 5.41) is 0. The van der Waals surface area contributed by atoms with Crippen LogP contribution in [0.1, 0.15) is 17.2 Å². The van der Waals surface area contributed by atoms with Crippen LogP contribution in [0.15, 0.2) is 24.3 Å². The van der Waals surface area contributed by atoms with Crippen molar-refractivity contribution in [2.45, 2.75) is 19.1 Å². The molecule has 0 saturated heterocycles. The molecule has 80 valence electrons. The van der Waals surface area contributed by atoms with Crippen molar-refractivity contribution in [3.8, 4) is 0 Å². The van der Waals surface area contributed by atoms with Gasteiger partial charge in [0.1, 0.15) is 6.04 Å². The second kappa shape index (κ2) is 4.66. The highest BCUT2D eigenvalue weighted by Crippen LogP contribution is 2.30. The van der Waals surface area contributed by atoms with Crippen LogP contribution in [0, 0.1) is 6.92 Å². The molecule has 0 aliphatic heterocycles. The molecule has 1 nitrogen and oxygen atoms in total. The topological polar surface area (TPSA) is 26.0 Å². The fraction of sp³-hybridized carbons (Fsp3) is 0.333. The molecule has 0 spiro atoms. The van der Waals surface area contributed by atoms with Crippen LogP contribution in [-0.2, 0) is 0 Å². The van der Waals surface area contributed by atoms with Gasteiger partial charge in [0.25, 0.3) is 0 Å². The normalized spacial score (nSPS) is 13.2. The predicted molar refractivity (Wildman–Crippen MR) is 51.4 cm³/mol. The zero-order chi connectivity index (χ0) is 10.1. The van der Waals surface area contributed by atoms with Gasteiger partial charge in [0.05, 0.1) is 0 Å². The van der Waals surface area contributed by atoms with Crippen LogP contribution in [0.25, 0.3) is 0 Å². The minimum atomic E-state index is -4.37. The maximum absolute atomic E-state index is 12.1. The molecule has 0 heterocycles. The highest BCUT2D eigenvalue weighted by Gasteiger charge is 2.37. The van der Waals surface area contributed by atoms with Gasteiger partial charge in [0.15, 0.2) is 0 Å². The molecular formula is C9H11ClF3N. The Morgan fingerprint density at radius 1 is 1.29 bits per heavy atom. The van der Waals surface area contributed by atoms with E-state index >= 15 is 0 Å². The number of hydrogen-bond acceptors (Lipinski definition) is 1. The van der Waals surface area contributed by atoms with Crippen molar-refractivity contribution in [2.75, 3.05) is 0 Å². The molecule has 1 aromatic rings. The third-order valence-electron chi connectivity index (χ3n) is 1.75. The lowest BCUT2D eigenvalue weighted by Gasteiger charge is -2.15. The molecule has 5 heteroatoms. The van der Waals surface area contributed by atoms with E-state index in [1.807, 2.05) is 0 Å². The summed E-state index contributed by atoms with van der Waals surface area (Å²) >= 11 is 0. The number of halogens is 4. The van der Waals surface area contributed by atoms with Gasteiger partial charge >= 0.3 is 6.18 Å². The lowest BCUT2D eigenvalue weighted by Crippen LogP contribution is -2.28. The number of rotatable bonds is 1. The monoisotopic (exact) mass is 225 g/mol. The summed E-state index contributed by atoms with van der Waals surface area (Å²) in [5.41, 5.74) is 5.90. The molecule has 0 aromatic heterocycles. The molecule has 0 aliphatic rings. The maximum Gasteiger partial charge on any atom is 0.407 e. The van der Waals surface area contributed by atoms with E-state index in [0.29, 0.717) is 0 Å². The van der Waals surface area contributed by atoms with Gasteiger partial charge in [-0.3, -0.25) is 0 Å². The highest BCUT2D eigenvalue weighted by atomic mass is 35.5. The highest BCUT2D eigenvalue weighted by molar-refractivity contribution is 5.85. The number of nitrogens with two attached hydrogens (primary N) is 1. The fourth-order valence-electron chi connectivity index (χ4n) is 1.05. The van der Waals surface area contributed by atoms with Gasteiger partial charge in [-0.25, -0.2) is 0 Å². The van der Waals surface area contributed by atoms with Gasteiger partial charge in [-0.05, 0) is 12.5 Å². The number of hydrogen-bond donors (Lipinski definition) is 1. The second-order valence-corrected chi connectivity index (χ2v) is 2.93. The molecular weight excluding hydrogens is 215 g/mol. The van der Waals surface area contributed by atoms with Crippen LogP contribution < -0.4 is 5.73 Å². The molecule has 0 unspecified atom stereocenters. The Hall–Kier alpha value is -0.740. The second-order valence-electron chi connectivity index (χ2n) is 2.93. The Balaban J connectivity index is 0.00000169. The number of aryl methyl sites for hydroxylation is 1. The summed E-state index contributed by atoms with van der Waals surface area (Å²) in [6, 6.07) is 4.24. The van der Waals surface area contributed by atoms with Gasteiger partial charge < -0.3 is 5.73 Å². The third kappa shape index (κ3) is 3.20. The Bertz CT molecular complexity index is 298. The lowest BCUT2D eigenvalue weighted by atomic mass is 10.1. The Morgan fingerprint density at radius 3 is 2.29 bits per heavy atom. The van der Waals surface area contributed by atoms with Crippen molar-refractivity contribution in [3.63, 3.8) is 0 Å². The summed E-state index contributed by atoms with van der Waals surface area (Å²) in [5.74, 6) is 0. The molecule has 0 fully saturated rings. The first-order valence-corrected chi connectivity index (χ1v) is 3.80. The van der Waals surface area contributed by atoms with E-state index in [0.717, 1.165) is 5.56 Å².